The van der Waals surface area contributed by atoms with E-state index in [0.717, 1.165) is 11.1 Å². The van der Waals surface area contributed by atoms with Gasteiger partial charge < -0.3 is 16.0 Å². The lowest BCUT2D eigenvalue weighted by Gasteiger charge is -2.07. The number of nitrogens with one attached hydrogen (secondary N) is 2. The Labute approximate surface area is 107 Å². The van der Waals surface area contributed by atoms with Crippen LogP contribution in [0.25, 0.3) is 10.9 Å². The molecule has 4 N–H and O–H groups in total. The summed E-state index contributed by atoms with van der Waals surface area (Å²) in [6.07, 6.45) is 0. The van der Waals surface area contributed by atoms with E-state index in [9.17, 15) is 4.79 Å². The molecule has 0 radical (unpaired) electrons. The number of H-pyrrole nitrogens is 1. The van der Waals surface area contributed by atoms with E-state index in [4.69, 9.17) is 5.73 Å². The topological polar surface area (TPSA) is 70.9 Å². The molecule has 2 aromatic rings. The van der Waals surface area contributed by atoms with Crippen LogP contribution in [0.4, 0.5) is 0 Å². The molecule has 0 bridgehead atoms. The van der Waals surface area contributed by atoms with Crippen molar-refractivity contribution in [2.45, 2.75) is 33.4 Å². The molecule has 18 heavy (non-hydrogen) atoms. The zero-order valence-electron chi connectivity index (χ0n) is 11.0. The van der Waals surface area contributed by atoms with Crippen molar-refractivity contribution in [1.29, 1.82) is 0 Å². The molecule has 0 fully saturated rings. The van der Waals surface area contributed by atoms with Crippen molar-refractivity contribution in [3.8, 4) is 0 Å². The third-order valence-electron chi connectivity index (χ3n) is 3.25. The molecular weight excluding hydrogens is 226 g/mol. The van der Waals surface area contributed by atoms with E-state index in [-0.39, 0.29) is 5.91 Å². The van der Waals surface area contributed by atoms with Gasteiger partial charge in [0.05, 0.1) is 6.04 Å². The van der Waals surface area contributed by atoms with Crippen LogP contribution in [0, 0.1) is 13.8 Å². The lowest BCUT2D eigenvalue weighted by atomic mass is 10.1. The third-order valence-corrected chi connectivity index (χ3v) is 3.25. The second-order valence-electron chi connectivity index (χ2n) is 4.76. The summed E-state index contributed by atoms with van der Waals surface area (Å²) >= 11 is 0. The predicted octanol–water partition coefficient (Wildman–Crippen LogP) is 1.75. The van der Waals surface area contributed by atoms with Gasteiger partial charge in [0, 0.05) is 23.1 Å². The van der Waals surface area contributed by atoms with Crippen molar-refractivity contribution in [2.24, 2.45) is 5.73 Å². The fourth-order valence-electron chi connectivity index (χ4n) is 1.97. The molecule has 1 heterocycles. The fourth-order valence-corrected chi connectivity index (χ4v) is 1.97. The van der Waals surface area contributed by atoms with Crippen molar-refractivity contribution in [2.75, 3.05) is 0 Å². The van der Waals surface area contributed by atoms with Crippen LogP contribution in [0.1, 0.15) is 23.7 Å². The van der Waals surface area contributed by atoms with Gasteiger partial charge in [-0.25, -0.2) is 0 Å². The number of aromatic nitrogens is 1. The van der Waals surface area contributed by atoms with Crippen LogP contribution in [0.5, 0.6) is 0 Å². The average Bonchev–Trinajstić information content (AvgIpc) is 2.62. The summed E-state index contributed by atoms with van der Waals surface area (Å²) in [6, 6.07) is 5.70. The van der Waals surface area contributed by atoms with E-state index >= 15 is 0 Å². The lowest BCUT2D eigenvalue weighted by molar-refractivity contribution is -0.122. The highest BCUT2D eigenvalue weighted by Gasteiger charge is 2.08. The molecule has 0 aliphatic heterocycles. The highest BCUT2D eigenvalue weighted by Crippen LogP contribution is 2.22. The number of rotatable bonds is 3. The molecule has 0 saturated heterocycles. The average molecular weight is 245 g/mol. The van der Waals surface area contributed by atoms with Crippen LogP contribution in [-0.4, -0.2) is 16.9 Å². The van der Waals surface area contributed by atoms with Gasteiger partial charge in [-0.2, -0.15) is 0 Å². The van der Waals surface area contributed by atoms with Crippen LogP contribution in [0.3, 0.4) is 0 Å². The molecule has 0 aliphatic rings. The van der Waals surface area contributed by atoms with Crippen molar-refractivity contribution in [3.63, 3.8) is 0 Å². The lowest BCUT2D eigenvalue weighted by Crippen LogP contribution is -2.37. The van der Waals surface area contributed by atoms with Crippen molar-refractivity contribution >= 4 is 16.8 Å². The van der Waals surface area contributed by atoms with Gasteiger partial charge in [0.25, 0.3) is 0 Å². The van der Waals surface area contributed by atoms with Gasteiger partial charge in [-0.05, 0) is 44.0 Å². The maximum Gasteiger partial charge on any atom is 0.236 e. The smallest absolute Gasteiger partial charge is 0.236 e. The van der Waals surface area contributed by atoms with Gasteiger partial charge in [-0.1, -0.05) is 6.07 Å². The van der Waals surface area contributed by atoms with Gasteiger partial charge in [-0.15, -0.1) is 0 Å². The number of nitrogens with two attached hydrogens (primary N) is 1. The number of fused-ring (bicyclic) bond motifs is 1. The van der Waals surface area contributed by atoms with Crippen molar-refractivity contribution < 1.29 is 4.79 Å². The van der Waals surface area contributed by atoms with Gasteiger partial charge in [0.15, 0.2) is 0 Å². The standard InChI is InChI=1S/C14H19N3O/c1-8-10(3)17-13-5-4-11(6-12(8)13)7-16-14(18)9(2)15/h4-6,9,17H,7,15H2,1-3H3,(H,16,18)/t9-/m1/s1. The minimum absolute atomic E-state index is 0.128. The minimum atomic E-state index is -0.468. The number of amides is 1. The molecule has 4 heteroatoms. The van der Waals surface area contributed by atoms with Crippen LogP contribution >= 0.6 is 0 Å². The number of hydrogen-bond donors (Lipinski definition) is 3. The summed E-state index contributed by atoms with van der Waals surface area (Å²) in [5.41, 5.74) is 10.2. The molecule has 1 atom stereocenters. The first-order chi connectivity index (χ1) is 8.49. The van der Waals surface area contributed by atoms with E-state index in [0.29, 0.717) is 6.54 Å². The van der Waals surface area contributed by atoms with Crippen LogP contribution in [-0.2, 0) is 11.3 Å². The van der Waals surface area contributed by atoms with Crippen LogP contribution in [0.15, 0.2) is 18.2 Å². The number of hydrogen-bond acceptors (Lipinski definition) is 2. The van der Waals surface area contributed by atoms with Crippen LogP contribution < -0.4 is 11.1 Å². The van der Waals surface area contributed by atoms with Gasteiger partial charge in [-0.3, -0.25) is 4.79 Å². The normalized spacial score (nSPS) is 12.7. The van der Waals surface area contributed by atoms with Gasteiger partial charge in [0.2, 0.25) is 5.91 Å². The summed E-state index contributed by atoms with van der Waals surface area (Å²) in [5.74, 6) is -0.128. The quantitative estimate of drug-likeness (QED) is 0.771. The molecular formula is C14H19N3O. The summed E-state index contributed by atoms with van der Waals surface area (Å²) < 4.78 is 0. The molecule has 1 aromatic carbocycles. The Morgan fingerprint density at radius 1 is 1.44 bits per heavy atom. The molecule has 0 saturated carbocycles. The second kappa shape index (κ2) is 4.82. The zero-order chi connectivity index (χ0) is 13.3. The van der Waals surface area contributed by atoms with E-state index < -0.39 is 6.04 Å². The highest BCUT2D eigenvalue weighted by atomic mass is 16.2. The van der Waals surface area contributed by atoms with E-state index in [1.54, 1.807) is 6.92 Å². The first-order valence-electron chi connectivity index (χ1n) is 6.10. The second-order valence-corrected chi connectivity index (χ2v) is 4.76. The van der Waals surface area contributed by atoms with Crippen LogP contribution in [0.2, 0.25) is 0 Å². The van der Waals surface area contributed by atoms with E-state index in [1.807, 2.05) is 12.1 Å². The third kappa shape index (κ3) is 2.38. The van der Waals surface area contributed by atoms with Crippen molar-refractivity contribution in [3.05, 3.63) is 35.0 Å². The SMILES string of the molecule is Cc1[nH]c2ccc(CNC(=O)[C@@H](C)N)cc2c1C. The summed E-state index contributed by atoms with van der Waals surface area (Å²) in [5, 5.41) is 4.02. The Balaban J connectivity index is 2.20. The maximum atomic E-state index is 11.4. The Kier molecular flexibility index (Phi) is 3.39. The first kappa shape index (κ1) is 12.6. The monoisotopic (exact) mass is 245 g/mol. The highest BCUT2D eigenvalue weighted by molar-refractivity contribution is 5.85. The molecule has 0 aliphatic carbocycles. The maximum absolute atomic E-state index is 11.4. The Morgan fingerprint density at radius 2 is 2.17 bits per heavy atom. The number of carbonyl (C=O) groups is 1. The predicted molar refractivity (Wildman–Crippen MR) is 73.3 cm³/mol. The van der Waals surface area contributed by atoms with Gasteiger partial charge in [0.1, 0.15) is 0 Å². The Hall–Kier alpha value is -1.81. The molecule has 4 nitrogen and oxygen atoms in total. The van der Waals surface area contributed by atoms with Crippen molar-refractivity contribution in [1.82, 2.24) is 10.3 Å². The largest absolute Gasteiger partial charge is 0.358 e. The molecule has 2 rings (SSSR count). The molecule has 0 spiro atoms. The first-order valence-corrected chi connectivity index (χ1v) is 6.10. The molecule has 96 valence electrons. The molecule has 0 unspecified atom stereocenters. The number of aryl methyl sites for hydroxylation is 2. The molecule has 1 aromatic heterocycles. The number of aromatic amines is 1. The molecule has 1 amide bonds. The fraction of sp³-hybridized carbons (Fsp3) is 0.357. The number of carbonyl (C=O) groups excluding carboxylic acids is 1. The minimum Gasteiger partial charge on any atom is -0.358 e. The Morgan fingerprint density at radius 3 is 2.83 bits per heavy atom. The Bertz CT molecular complexity index is 584. The summed E-state index contributed by atoms with van der Waals surface area (Å²) in [4.78, 5) is 14.7. The summed E-state index contributed by atoms with van der Waals surface area (Å²) in [7, 11) is 0. The number of benzene rings is 1. The van der Waals surface area contributed by atoms with Gasteiger partial charge >= 0.3 is 0 Å². The summed E-state index contributed by atoms with van der Waals surface area (Å²) in [6.45, 7) is 6.35. The zero-order valence-corrected chi connectivity index (χ0v) is 11.0. The van der Waals surface area contributed by atoms with E-state index in [2.05, 4.69) is 30.2 Å². The van der Waals surface area contributed by atoms with E-state index in [1.165, 1.54) is 16.6 Å².